The molecule has 1 aromatic rings. The number of ether oxygens (including phenoxy) is 1. The van der Waals surface area contributed by atoms with Crippen LogP contribution in [0.15, 0.2) is 24.3 Å². The number of aliphatic hydroxyl groups is 1. The third-order valence-electron chi connectivity index (χ3n) is 6.02. The van der Waals surface area contributed by atoms with E-state index in [0.29, 0.717) is 12.2 Å². The van der Waals surface area contributed by atoms with Gasteiger partial charge in [-0.1, -0.05) is 58.7 Å². The number of amides is 3. The summed E-state index contributed by atoms with van der Waals surface area (Å²) in [5, 5.41) is 13.4. The van der Waals surface area contributed by atoms with Crippen molar-refractivity contribution in [3.63, 3.8) is 0 Å². The van der Waals surface area contributed by atoms with Gasteiger partial charge in [-0.25, -0.2) is 4.79 Å². The van der Waals surface area contributed by atoms with E-state index >= 15 is 0 Å². The van der Waals surface area contributed by atoms with Crippen molar-refractivity contribution in [2.75, 3.05) is 13.2 Å². The van der Waals surface area contributed by atoms with Crippen molar-refractivity contribution < 1.29 is 19.4 Å². The number of benzene rings is 1. The first kappa shape index (κ1) is 20.6. The van der Waals surface area contributed by atoms with Crippen LogP contribution >= 0.6 is 0 Å². The molecule has 3 amide bonds. The van der Waals surface area contributed by atoms with Crippen LogP contribution in [0, 0.1) is 5.92 Å². The highest BCUT2D eigenvalue weighted by Gasteiger charge is 2.55. The molecule has 6 nitrogen and oxygen atoms in total. The van der Waals surface area contributed by atoms with Gasteiger partial charge in [0.25, 0.3) is 5.91 Å². The normalized spacial score (nSPS) is 26.5. The maximum Gasteiger partial charge on any atom is 0.325 e. The summed E-state index contributed by atoms with van der Waals surface area (Å²) in [6, 6.07) is 7.32. The number of carbonyl (C=O) groups is 2. The highest BCUT2D eigenvalue weighted by atomic mass is 16.5. The number of nitrogens with one attached hydrogen (secondary N) is 1. The van der Waals surface area contributed by atoms with Gasteiger partial charge < -0.3 is 15.2 Å². The van der Waals surface area contributed by atoms with Crippen LogP contribution < -0.4 is 10.1 Å². The average molecular weight is 389 g/mol. The van der Waals surface area contributed by atoms with E-state index in [1.54, 1.807) is 0 Å². The lowest BCUT2D eigenvalue weighted by molar-refractivity contribution is -0.135. The number of carbonyl (C=O) groups excluding carboxylic acids is 2. The zero-order valence-corrected chi connectivity index (χ0v) is 17.3. The zero-order valence-electron chi connectivity index (χ0n) is 17.3. The van der Waals surface area contributed by atoms with Crippen LogP contribution in [0.4, 0.5) is 4.79 Å². The Balaban J connectivity index is 1.64. The molecule has 6 heteroatoms. The number of aliphatic hydroxyl groups excluding tert-OH is 1. The van der Waals surface area contributed by atoms with Gasteiger partial charge >= 0.3 is 6.03 Å². The van der Waals surface area contributed by atoms with E-state index in [1.165, 1.54) is 0 Å². The molecule has 1 spiro atoms. The predicted octanol–water partition coefficient (Wildman–Crippen LogP) is 3.22. The van der Waals surface area contributed by atoms with Gasteiger partial charge in [-0.2, -0.15) is 0 Å². The fraction of sp³-hybridized carbons (Fsp3) is 0.636. The van der Waals surface area contributed by atoms with E-state index in [9.17, 15) is 14.7 Å². The first-order valence-corrected chi connectivity index (χ1v) is 10.2. The summed E-state index contributed by atoms with van der Waals surface area (Å²) in [5.41, 5.74) is 0.164. The minimum Gasteiger partial charge on any atom is -0.491 e. The Bertz CT molecular complexity index is 742. The highest BCUT2D eigenvalue weighted by molar-refractivity contribution is 6.07. The number of β-amino-alcohol motifs (C(OH)–C–C–N with tert-alkyl or cyclic N) is 1. The van der Waals surface area contributed by atoms with Gasteiger partial charge in [0.05, 0.1) is 6.54 Å². The molecule has 1 heterocycles. The van der Waals surface area contributed by atoms with E-state index in [2.05, 4.69) is 26.1 Å². The van der Waals surface area contributed by atoms with Crippen molar-refractivity contribution in [2.24, 2.45) is 5.92 Å². The standard InChI is InChI=1S/C22H32N2O4/c1-15-9-7-8-12-22(15)19(26)24(20(27)23-22)13-16(25)14-28-18-11-6-5-10-17(18)21(2,3)4/h5-6,10-11,15-16,25H,7-9,12-14H2,1-4H3,(H,23,27). The van der Waals surface area contributed by atoms with E-state index in [4.69, 9.17) is 4.74 Å². The molecule has 1 aliphatic carbocycles. The van der Waals surface area contributed by atoms with Gasteiger partial charge in [0.15, 0.2) is 0 Å². The molecule has 0 aromatic heterocycles. The number of nitrogens with zero attached hydrogens (tertiary/aromatic N) is 1. The lowest BCUT2D eigenvalue weighted by Crippen LogP contribution is -2.54. The van der Waals surface area contributed by atoms with Gasteiger partial charge in [-0.15, -0.1) is 0 Å². The Labute approximate surface area is 167 Å². The molecule has 3 atom stereocenters. The minimum absolute atomic E-state index is 0.0205. The smallest absolute Gasteiger partial charge is 0.325 e. The van der Waals surface area contributed by atoms with Gasteiger partial charge in [-0.05, 0) is 35.8 Å². The number of hydrogen-bond acceptors (Lipinski definition) is 4. The topological polar surface area (TPSA) is 78.9 Å². The number of rotatable bonds is 5. The van der Waals surface area contributed by atoms with Crippen molar-refractivity contribution in [3.8, 4) is 5.75 Å². The molecule has 154 valence electrons. The van der Waals surface area contributed by atoms with Crippen molar-refractivity contribution in [1.82, 2.24) is 10.2 Å². The molecule has 2 aliphatic rings. The summed E-state index contributed by atoms with van der Waals surface area (Å²) in [5.74, 6) is 0.609. The third kappa shape index (κ3) is 3.88. The quantitative estimate of drug-likeness (QED) is 0.759. The summed E-state index contributed by atoms with van der Waals surface area (Å²) < 4.78 is 5.84. The Morgan fingerprint density at radius 3 is 2.68 bits per heavy atom. The molecule has 1 aliphatic heterocycles. The Hall–Kier alpha value is -2.08. The maximum atomic E-state index is 13.0. The van der Waals surface area contributed by atoms with Crippen LogP contribution in [0.5, 0.6) is 5.75 Å². The Morgan fingerprint density at radius 1 is 1.29 bits per heavy atom. The van der Waals surface area contributed by atoms with Gasteiger partial charge in [0.1, 0.15) is 24.0 Å². The Kier molecular flexibility index (Phi) is 5.71. The van der Waals surface area contributed by atoms with Crippen LogP contribution in [0.3, 0.4) is 0 Å². The van der Waals surface area contributed by atoms with Crippen LogP contribution in [-0.4, -0.2) is 46.7 Å². The molecular weight excluding hydrogens is 356 g/mol. The summed E-state index contributed by atoms with van der Waals surface area (Å²) in [4.78, 5) is 26.6. The molecule has 0 bridgehead atoms. The Morgan fingerprint density at radius 2 is 2.00 bits per heavy atom. The SMILES string of the molecule is CC1CCCCC12NC(=O)N(CC(O)COc1ccccc1C(C)(C)C)C2=O. The second-order valence-corrected chi connectivity index (χ2v) is 9.18. The molecule has 1 saturated carbocycles. The van der Waals surface area contributed by atoms with Gasteiger partial charge in [0.2, 0.25) is 0 Å². The average Bonchev–Trinajstić information content (AvgIpc) is 2.87. The fourth-order valence-electron chi connectivity index (χ4n) is 4.32. The summed E-state index contributed by atoms with van der Waals surface area (Å²) in [6.45, 7) is 8.28. The maximum absolute atomic E-state index is 13.0. The number of para-hydroxylation sites is 1. The van der Waals surface area contributed by atoms with Crippen LogP contribution in [0.1, 0.15) is 58.9 Å². The molecule has 2 fully saturated rings. The molecule has 3 unspecified atom stereocenters. The van der Waals surface area contributed by atoms with Crippen LogP contribution in [0.25, 0.3) is 0 Å². The summed E-state index contributed by atoms with van der Waals surface area (Å²) >= 11 is 0. The third-order valence-corrected chi connectivity index (χ3v) is 6.02. The number of imide groups is 1. The van der Waals surface area contributed by atoms with Crippen LogP contribution in [-0.2, 0) is 10.2 Å². The van der Waals surface area contributed by atoms with E-state index in [1.807, 2.05) is 31.2 Å². The van der Waals surface area contributed by atoms with Crippen molar-refractivity contribution in [2.45, 2.75) is 70.4 Å². The first-order chi connectivity index (χ1) is 13.1. The largest absolute Gasteiger partial charge is 0.491 e. The highest BCUT2D eigenvalue weighted by Crippen LogP contribution is 2.38. The summed E-state index contributed by atoms with van der Waals surface area (Å²) in [7, 11) is 0. The predicted molar refractivity (Wildman–Crippen MR) is 107 cm³/mol. The zero-order chi connectivity index (χ0) is 20.5. The first-order valence-electron chi connectivity index (χ1n) is 10.2. The van der Waals surface area contributed by atoms with Gasteiger partial charge in [-0.3, -0.25) is 9.69 Å². The van der Waals surface area contributed by atoms with E-state index in [0.717, 1.165) is 29.7 Å². The molecule has 2 N–H and O–H groups in total. The molecule has 1 aromatic carbocycles. The minimum atomic E-state index is -0.947. The summed E-state index contributed by atoms with van der Waals surface area (Å²) in [6.07, 6.45) is 2.65. The van der Waals surface area contributed by atoms with Crippen LogP contribution in [0.2, 0.25) is 0 Å². The lowest BCUT2D eigenvalue weighted by Gasteiger charge is -2.36. The molecule has 0 radical (unpaired) electrons. The molecular formula is C22H32N2O4. The van der Waals surface area contributed by atoms with Crippen molar-refractivity contribution in [3.05, 3.63) is 29.8 Å². The van der Waals surface area contributed by atoms with Gasteiger partial charge in [0, 0.05) is 0 Å². The van der Waals surface area contributed by atoms with Crippen molar-refractivity contribution in [1.29, 1.82) is 0 Å². The molecule has 3 rings (SSSR count). The molecule has 1 saturated heterocycles. The van der Waals surface area contributed by atoms with E-state index < -0.39 is 17.7 Å². The number of hydrogen-bond donors (Lipinski definition) is 2. The molecule has 28 heavy (non-hydrogen) atoms. The second kappa shape index (κ2) is 7.74. The lowest BCUT2D eigenvalue weighted by atomic mass is 9.73. The number of urea groups is 1. The van der Waals surface area contributed by atoms with E-state index in [-0.39, 0.29) is 30.4 Å². The monoisotopic (exact) mass is 388 g/mol. The fourth-order valence-corrected chi connectivity index (χ4v) is 4.32. The second-order valence-electron chi connectivity index (χ2n) is 9.18. The van der Waals surface area contributed by atoms with Crippen molar-refractivity contribution >= 4 is 11.9 Å².